The molecule has 0 radical (unpaired) electrons. The van der Waals surface area contributed by atoms with Crippen molar-refractivity contribution in [1.29, 1.82) is 0 Å². The quantitative estimate of drug-likeness (QED) is 0.637. The van der Waals surface area contributed by atoms with Gasteiger partial charge in [-0.05, 0) is 38.6 Å². The van der Waals surface area contributed by atoms with Gasteiger partial charge in [0.2, 0.25) is 0 Å². The molecule has 0 aromatic heterocycles. The first-order valence-corrected chi connectivity index (χ1v) is 8.13. The second kappa shape index (κ2) is 8.07. The van der Waals surface area contributed by atoms with Gasteiger partial charge in [-0.15, -0.1) is 0 Å². The zero-order chi connectivity index (χ0) is 12.6. The number of nitrogens with one attached hydrogen (secondary N) is 1. The number of sulfone groups is 1. The Hall–Kier alpha value is -0.0900. The molecule has 4 heteroatoms. The van der Waals surface area contributed by atoms with Crippen LogP contribution in [0.15, 0.2) is 0 Å². The minimum atomic E-state index is -2.78. The molecule has 0 spiro atoms. The topological polar surface area (TPSA) is 46.2 Å². The third-order valence-corrected chi connectivity index (χ3v) is 4.53. The van der Waals surface area contributed by atoms with Crippen molar-refractivity contribution >= 4 is 9.84 Å². The van der Waals surface area contributed by atoms with Crippen LogP contribution in [0.5, 0.6) is 0 Å². The van der Waals surface area contributed by atoms with Gasteiger partial charge in [-0.25, -0.2) is 8.42 Å². The Kier molecular flexibility index (Phi) is 8.02. The molecule has 1 unspecified atom stereocenters. The molecule has 16 heavy (non-hydrogen) atoms. The van der Waals surface area contributed by atoms with Crippen LogP contribution in [-0.4, -0.2) is 32.5 Å². The van der Waals surface area contributed by atoms with E-state index in [-0.39, 0.29) is 5.75 Å². The van der Waals surface area contributed by atoms with Gasteiger partial charge in [0, 0.05) is 11.8 Å². The van der Waals surface area contributed by atoms with Gasteiger partial charge in [-0.2, -0.15) is 0 Å². The van der Waals surface area contributed by atoms with Crippen LogP contribution >= 0.6 is 0 Å². The number of rotatable bonds is 9. The highest BCUT2D eigenvalue weighted by molar-refractivity contribution is 7.91. The largest absolute Gasteiger partial charge is 0.314 e. The van der Waals surface area contributed by atoms with Gasteiger partial charge in [0.15, 0.2) is 0 Å². The van der Waals surface area contributed by atoms with E-state index < -0.39 is 9.84 Å². The second-order valence-corrected chi connectivity index (χ2v) is 7.39. The van der Waals surface area contributed by atoms with E-state index in [1.165, 1.54) is 6.42 Å². The van der Waals surface area contributed by atoms with Gasteiger partial charge in [0.05, 0.1) is 5.75 Å². The summed E-state index contributed by atoms with van der Waals surface area (Å²) in [6.07, 6.45) is 3.11. The van der Waals surface area contributed by atoms with Gasteiger partial charge in [-0.3, -0.25) is 0 Å². The van der Waals surface area contributed by atoms with Gasteiger partial charge in [0.1, 0.15) is 9.84 Å². The minimum absolute atomic E-state index is 0.260. The monoisotopic (exact) mass is 249 g/mol. The normalized spacial score (nSPS) is 14.3. The summed E-state index contributed by atoms with van der Waals surface area (Å²) in [7, 11) is -2.78. The van der Waals surface area contributed by atoms with Crippen LogP contribution in [0.2, 0.25) is 0 Å². The van der Waals surface area contributed by atoms with Crippen molar-refractivity contribution in [3.8, 4) is 0 Å². The van der Waals surface area contributed by atoms with E-state index in [9.17, 15) is 8.42 Å². The predicted octanol–water partition coefficient (Wildman–Crippen LogP) is 2.23. The van der Waals surface area contributed by atoms with E-state index in [4.69, 9.17) is 0 Å². The second-order valence-electron chi connectivity index (χ2n) is 4.92. The SMILES string of the molecule is CCS(=O)(=O)CCCNC(C)CCC(C)C. The molecular formula is C12H27NO2S. The van der Waals surface area contributed by atoms with Gasteiger partial charge < -0.3 is 5.32 Å². The van der Waals surface area contributed by atoms with Crippen molar-refractivity contribution < 1.29 is 8.42 Å². The lowest BCUT2D eigenvalue weighted by Crippen LogP contribution is -2.28. The summed E-state index contributed by atoms with van der Waals surface area (Å²) in [5, 5.41) is 3.37. The molecule has 0 saturated heterocycles. The smallest absolute Gasteiger partial charge is 0.150 e. The van der Waals surface area contributed by atoms with E-state index in [0.717, 1.165) is 25.3 Å². The summed E-state index contributed by atoms with van der Waals surface area (Å²) in [6, 6.07) is 0.492. The maximum atomic E-state index is 11.2. The molecule has 0 amide bonds. The predicted molar refractivity (Wildman–Crippen MR) is 70.5 cm³/mol. The molecule has 0 bridgehead atoms. The molecule has 1 N–H and O–H groups in total. The first kappa shape index (κ1) is 15.9. The zero-order valence-electron chi connectivity index (χ0n) is 11.1. The van der Waals surface area contributed by atoms with Crippen LogP contribution in [0, 0.1) is 5.92 Å². The fourth-order valence-electron chi connectivity index (χ4n) is 1.47. The first-order valence-electron chi connectivity index (χ1n) is 6.31. The Morgan fingerprint density at radius 3 is 2.25 bits per heavy atom. The molecule has 0 aliphatic rings. The zero-order valence-corrected chi connectivity index (χ0v) is 11.9. The third-order valence-electron chi connectivity index (χ3n) is 2.74. The van der Waals surface area contributed by atoms with E-state index >= 15 is 0 Å². The molecule has 0 aromatic carbocycles. The average molecular weight is 249 g/mol. The van der Waals surface area contributed by atoms with Crippen molar-refractivity contribution in [2.75, 3.05) is 18.1 Å². The van der Waals surface area contributed by atoms with Crippen molar-refractivity contribution in [2.24, 2.45) is 5.92 Å². The number of hydrogen-bond donors (Lipinski definition) is 1. The standard InChI is InChI=1S/C12H27NO2S/c1-5-16(14,15)10-6-9-13-12(4)8-7-11(2)3/h11-13H,5-10H2,1-4H3. The van der Waals surface area contributed by atoms with E-state index in [1.54, 1.807) is 6.92 Å². The molecule has 1 atom stereocenters. The van der Waals surface area contributed by atoms with Crippen LogP contribution in [-0.2, 0) is 9.84 Å². The molecule has 0 fully saturated rings. The summed E-state index contributed by atoms with van der Waals surface area (Å²) >= 11 is 0. The van der Waals surface area contributed by atoms with Crippen molar-refractivity contribution in [3.05, 3.63) is 0 Å². The van der Waals surface area contributed by atoms with Gasteiger partial charge in [0.25, 0.3) is 0 Å². The van der Waals surface area contributed by atoms with Crippen LogP contribution in [0.25, 0.3) is 0 Å². The fraction of sp³-hybridized carbons (Fsp3) is 1.00. The molecule has 0 heterocycles. The highest BCUT2D eigenvalue weighted by Gasteiger charge is 2.07. The Morgan fingerprint density at radius 2 is 1.75 bits per heavy atom. The lowest BCUT2D eigenvalue weighted by molar-refractivity contribution is 0.451. The number of hydrogen-bond acceptors (Lipinski definition) is 3. The molecule has 0 saturated carbocycles. The van der Waals surface area contributed by atoms with Crippen molar-refractivity contribution in [2.45, 2.75) is 53.0 Å². The Balaban J connectivity index is 3.52. The lowest BCUT2D eigenvalue weighted by atomic mass is 10.0. The molecule has 3 nitrogen and oxygen atoms in total. The Morgan fingerprint density at radius 1 is 1.12 bits per heavy atom. The highest BCUT2D eigenvalue weighted by Crippen LogP contribution is 2.06. The molecule has 0 aliphatic carbocycles. The average Bonchev–Trinajstić information content (AvgIpc) is 2.21. The summed E-state index contributed by atoms with van der Waals surface area (Å²) in [5.41, 5.74) is 0. The summed E-state index contributed by atoms with van der Waals surface area (Å²) < 4.78 is 22.5. The summed E-state index contributed by atoms with van der Waals surface area (Å²) in [6.45, 7) is 9.12. The maximum absolute atomic E-state index is 11.2. The molecular weight excluding hydrogens is 222 g/mol. The van der Waals surface area contributed by atoms with Crippen molar-refractivity contribution in [1.82, 2.24) is 5.32 Å². The van der Waals surface area contributed by atoms with E-state index in [0.29, 0.717) is 11.8 Å². The maximum Gasteiger partial charge on any atom is 0.150 e. The van der Waals surface area contributed by atoms with Crippen LogP contribution in [0.1, 0.15) is 47.0 Å². The molecule has 0 rings (SSSR count). The van der Waals surface area contributed by atoms with Gasteiger partial charge >= 0.3 is 0 Å². The van der Waals surface area contributed by atoms with E-state index in [2.05, 4.69) is 26.1 Å². The molecule has 0 aliphatic heterocycles. The van der Waals surface area contributed by atoms with Crippen LogP contribution in [0.4, 0.5) is 0 Å². The highest BCUT2D eigenvalue weighted by atomic mass is 32.2. The molecule has 98 valence electrons. The minimum Gasteiger partial charge on any atom is -0.314 e. The van der Waals surface area contributed by atoms with E-state index in [1.807, 2.05) is 0 Å². The lowest BCUT2D eigenvalue weighted by Gasteiger charge is -2.14. The Labute approximate surface area is 101 Å². The first-order chi connectivity index (χ1) is 7.37. The fourth-order valence-corrected chi connectivity index (χ4v) is 2.34. The van der Waals surface area contributed by atoms with Crippen LogP contribution in [0.3, 0.4) is 0 Å². The van der Waals surface area contributed by atoms with Crippen molar-refractivity contribution in [3.63, 3.8) is 0 Å². The molecule has 0 aromatic rings. The summed E-state index contributed by atoms with van der Waals surface area (Å²) in [5.74, 6) is 1.31. The summed E-state index contributed by atoms with van der Waals surface area (Å²) in [4.78, 5) is 0. The third kappa shape index (κ3) is 9.16. The van der Waals surface area contributed by atoms with Crippen LogP contribution < -0.4 is 5.32 Å². The Bertz CT molecular complexity index is 260. The van der Waals surface area contributed by atoms with Gasteiger partial charge in [-0.1, -0.05) is 20.8 Å².